The lowest BCUT2D eigenvalue weighted by atomic mass is 9.85. The first-order chi connectivity index (χ1) is 9.08. The van der Waals surface area contributed by atoms with Gasteiger partial charge in [0.25, 0.3) is 0 Å². The first-order valence-corrected chi connectivity index (χ1v) is 8.05. The maximum absolute atomic E-state index is 5.30. The molecule has 1 saturated heterocycles. The van der Waals surface area contributed by atoms with Crippen LogP contribution in [-0.2, 0) is 4.74 Å². The van der Waals surface area contributed by atoms with E-state index in [-0.39, 0.29) is 0 Å². The zero-order valence-electron chi connectivity index (χ0n) is 13.2. The molecule has 0 spiro atoms. The van der Waals surface area contributed by atoms with E-state index in [0.717, 1.165) is 25.1 Å². The van der Waals surface area contributed by atoms with E-state index < -0.39 is 0 Å². The Bertz CT molecular complexity index is 272. The molecule has 112 valence electrons. The molecule has 1 N–H and O–H groups in total. The van der Waals surface area contributed by atoms with E-state index in [1.54, 1.807) is 0 Å². The van der Waals surface area contributed by atoms with Crippen molar-refractivity contribution in [3.8, 4) is 0 Å². The molecular formula is C16H32N2O. The molecule has 2 aliphatic rings. The Kier molecular flexibility index (Phi) is 5.27. The topological polar surface area (TPSA) is 24.5 Å². The summed E-state index contributed by atoms with van der Waals surface area (Å²) in [5.41, 5.74) is 0.448. The van der Waals surface area contributed by atoms with Crippen molar-refractivity contribution in [2.75, 3.05) is 33.4 Å². The Morgan fingerprint density at radius 1 is 1.21 bits per heavy atom. The number of likely N-dealkylation sites (tertiary alicyclic amines) is 1. The largest absolute Gasteiger partial charge is 0.384 e. The van der Waals surface area contributed by atoms with Crippen molar-refractivity contribution in [1.29, 1.82) is 0 Å². The van der Waals surface area contributed by atoms with E-state index in [1.807, 2.05) is 7.11 Å². The van der Waals surface area contributed by atoms with Crippen molar-refractivity contribution >= 4 is 0 Å². The minimum absolute atomic E-state index is 0.448. The predicted molar refractivity (Wildman–Crippen MR) is 80.4 cm³/mol. The molecule has 3 nitrogen and oxygen atoms in total. The van der Waals surface area contributed by atoms with E-state index in [2.05, 4.69) is 31.0 Å². The standard InChI is InChI=1S/C16H32N2O/c1-5-17-15-14(6-9-16(15,2)3)18-10-7-13(8-11-18)12-19-4/h13-15,17H,5-12H2,1-4H3. The van der Waals surface area contributed by atoms with Gasteiger partial charge in [-0.1, -0.05) is 20.8 Å². The van der Waals surface area contributed by atoms with Gasteiger partial charge in [-0.05, 0) is 56.7 Å². The minimum atomic E-state index is 0.448. The number of hydrogen-bond acceptors (Lipinski definition) is 3. The number of hydrogen-bond donors (Lipinski definition) is 1. The summed E-state index contributed by atoms with van der Waals surface area (Å²) in [4.78, 5) is 2.74. The second kappa shape index (κ2) is 6.55. The average Bonchev–Trinajstić information content (AvgIpc) is 2.68. The number of piperidine rings is 1. The minimum Gasteiger partial charge on any atom is -0.384 e. The van der Waals surface area contributed by atoms with Gasteiger partial charge >= 0.3 is 0 Å². The van der Waals surface area contributed by atoms with Gasteiger partial charge < -0.3 is 10.1 Å². The molecule has 1 saturated carbocycles. The van der Waals surface area contributed by atoms with Gasteiger partial charge in [0.05, 0.1) is 0 Å². The Balaban J connectivity index is 1.91. The summed E-state index contributed by atoms with van der Waals surface area (Å²) in [5, 5.41) is 3.75. The second-order valence-electron chi connectivity index (χ2n) is 7.06. The molecule has 0 aromatic heterocycles. The Morgan fingerprint density at radius 2 is 1.89 bits per heavy atom. The van der Waals surface area contributed by atoms with Crippen LogP contribution in [0.2, 0.25) is 0 Å². The third-order valence-electron chi connectivity index (χ3n) is 5.26. The van der Waals surface area contributed by atoms with Gasteiger partial charge in [-0.25, -0.2) is 0 Å². The van der Waals surface area contributed by atoms with Crippen molar-refractivity contribution < 1.29 is 4.74 Å². The van der Waals surface area contributed by atoms with Gasteiger partial charge in [0.15, 0.2) is 0 Å². The van der Waals surface area contributed by atoms with Gasteiger partial charge in [-0.3, -0.25) is 4.90 Å². The number of nitrogens with one attached hydrogen (secondary N) is 1. The predicted octanol–water partition coefficient (Wildman–Crippen LogP) is 2.51. The van der Waals surface area contributed by atoms with Crippen LogP contribution < -0.4 is 5.32 Å². The van der Waals surface area contributed by atoms with Gasteiger partial charge in [0.1, 0.15) is 0 Å². The summed E-state index contributed by atoms with van der Waals surface area (Å²) < 4.78 is 5.30. The lowest BCUT2D eigenvalue weighted by Crippen LogP contribution is -2.53. The molecule has 1 aliphatic heterocycles. The van der Waals surface area contributed by atoms with Crippen LogP contribution in [0.15, 0.2) is 0 Å². The molecule has 1 heterocycles. The quantitative estimate of drug-likeness (QED) is 0.829. The summed E-state index contributed by atoms with van der Waals surface area (Å²) in [5.74, 6) is 0.785. The van der Waals surface area contributed by atoms with E-state index >= 15 is 0 Å². The first kappa shape index (κ1) is 15.3. The van der Waals surface area contributed by atoms with Crippen molar-refractivity contribution in [3.05, 3.63) is 0 Å². The number of rotatable bonds is 5. The van der Waals surface area contributed by atoms with Crippen LogP contribution in [0.3, 0.4) is 0 Å². The first-order valence-electron chi connectivity index (χ1n) is 8.05. The smallest absolute Gasteiger partial charge is 0.0491 e. The van der Waals surface area contributed by atoms with Gasteiger partial charge in [0.2, 0.25) is 0 Å². The molecule has 0 bridgehead atoms. The number of nitrogens with zero attached hydrogens (tertiary/aromatic N) is 1. The molecule has 0 aromatic rings. The summed E-state index contributed by atoms with van der Waals surface area (Å²) in [6.07, 6.45) is 5.33. The molecule has 0 aromatic carbocycles. The highest BCUT2D eigenvalue weighted by Crippen LogP contribution is 2.40. The van der Waals surface area contributed by atoms with Gasteiger partial charge in [-0.15, -0.1) is 0 Å². The fraction of sp³-hybridized carbons (Fsp3) is 1.00. The Labute approximate surface area is 119 Å². The molecule has 0 amide bonds. The number of ether oxygens (including phenoxy) is 1. The van der Waals surface area contributed by atoms with Crippen LogP contribution >= 0.6 is 0 Å². The lowest BCUT2D eigenvalue weighted by molar-refractivity contribution is 0.0670. The highest BCUT2D eigenvalue weighted by atomic mass is 16.5. The van der Waals surface area contributed by atoms with E-state index in [9.17, 15) is 0 Å². The second-order valence-corrected chi connectivity index (χ2v) is 7.06. The van der Waals surface area contributed by atoms with E-state index in [1.165, 1.54) is 38.8 Å². The normalized spacial score (nSPS) is 32.8. The summed E-state index contributed by atoms with van der Waals surface area (Å²) in [7, 11) is 1.83. The van der Waals surface area contributed by atoms with Crippen LogP contribution in [0.5, 0.6) is 0 Å². The van der Waals surface area contributed by atoms with E-state index in [0.29, 0.717) is 11.5 Å². The SMILES string of the molecule is CCNC1C(N2CCC(COC)CC2)CCC1(C)C. The van der Waals surface area contributed by atoms with Crippen molar-refractivity contribution in [2.24, 2.45) is 11.3 Å². The lowest BCUT2D eigenvalue weighted by Gasteiger charge is -2.41. The van der Waals surface area contributed by atoms with Crippen LogP contribution in [0.25, 0.3) is 0 Å². The molecule has 2 rings (SSSR count). The fourth-order valence-electron chi connectivity index (χ4n) is 4.08. The van der Waals surface area contributed by atoms with Gasteiger partial charge in [-0.2, -0.15) is 0 Å². The van der Waals surface area contributed by atoms with Crippen LogP contribution in [0.1, 0.15) is 46.5 Å². The zero-order chi connectivity index (χ0) is 13.9. The van der Waals surface area contributed by atoms with Crippen molar-refractivity contribution in [3.63, 3.8) is 0 Å². The third kappa shape index (κ3) is 3.50. The summed E-state index contributed by atoms with van der Waals surface area (Å²) >= 11 is 0. The fourth-order valence-corrected chi connectivity index (χ4v) is 4.08. The maximum atomic E-state index is 5.30. The monoisotopic (exact) mass is 268 g/mol. The highest BCUT2D eigenvalue weighted by Gasteiger charge is 2.44. The highest BCUT2D eigenvalue weighted by molar-refractivity contribution is 5.01. The van der Waals surface area contributed by atoms with Crippen LogP contribution in [0.4, 0.5) is 0 Å². The number of methoxy groups -OCH3 is 1. The molecule has 19 heavy (non-hydrogen) atoms. The van der Waals surface area contributed by atoms with Crippen molar-refractivity contribution in [1.82, 2.24) is 10.2 Å². The van der Waals surface area contributed by atoms with Crippen molar-refractivity contribution in [2.45, 2.75) is 58.5 Å². The molecule has 2 fully saturated rings. The zero-order valence-corrected chi connectivity index (χ0v) is 13.2. The summed E-state index contributed by atoms with van der Waals surface area (Å²) in [6, 6.07) is 1.41. The molecule has 2 atom stereocenters. The molecule has 0 radical (unpaired) electrons. The van der Waals surface area contributed by atoms with Gasteiger partial charge in [0, 0.05) is 25.8 Å². The molecular weight excluding hydrogens is 236 g/mol. The van der Waals surface area contributed by atoms with Crippen LogP contribution in [0, 0.1) is 11.3 Å². The van der Waals surface area contributed by atoms with E-state index in [4.69, 9.17) is 4.74 Å². The Morgan fingerprint density at radius 3 is 2.47 bits per heavy atom. The molecule has 3 heteroatoms. The third-order valence-corrected chi connectivity index (χ3v) is 5.26. The molecule has 2 unspecified atom stereocenters. The average molecular weight is 268 g/mol. The molecule has 1 aliphatic carbocycles. The summed E-state index contributed by atoms with van der Waals surface area (Å²) in [6.45, 7) is 11.6. The maximum Gasteiger partial charge on any atom is 0.0491 e. The van der Waals surface area contributed by atoms with Crippen LogP contribution in [-0.4, -0.2) is 50.3 Å². The number of likely N-dealkylation sites (N-methyl/N-ethyl adjacent to an activating group) is 1. The Hall–Kier alpha value is -0.120.